The van der Waals surface area contributed by atoms with Crippen LogP contribution in [0.1, 0.15) is 37.7 Å². The molecule has 3 aliphatic rings. The number of halogens is 3. The molecule has 2 aromatic rings. The predicted molar refractivity (Wildman–Crippen MR) is 134 cm³/mol. The van der Waals surface area contributed by atoms with E-state index in [2.05, 4.69) is 22.0 Å². The number of hydrogen-bond acceptors (Lipinski definition) is 7. The topological polar surface area (TPSA) is 86.5 Å². The van der Waals surface area contributed by atoms with Crippen molar-refractivity contribution in [2.75, 3.05) is 40.9 Å². The number of guanidine groups is 2. The molecule has 1 spiro atoms. The quantitative estimate of drug-likeness (QED) is 0.683. The second kappa shape index (κ2) is 8.98. The molecule has 10 heteroatoms. The van der Waals surface area contributed by atoms with Crippen molar-refractivity contribution in [3.63, 3.8) is 0 Å². The first-order chi connectivity index (χ1) is 16.7. The van der Waals surface area contributed by atoms with Crippen LogP contribution in [0.25, 0.3) is 0 Å². The van der Waals surface area contributed by atoms with E-state index in [0.29, 0.717) is 37.8 Å². The molecule has 4 N–H and O–H groups in total. The number of benzene rings is 2. The zero-order valence-corrected chi connectivity index (χ0v) is 19.5. The van der Waals surface area contributed by atoms with Crippen LogP contribution in [-0.4, -0.2) is 43.8 Å². The molecular formula is C25H30F3N7. The summed E-state index contributed by atoms with van der Waals surface area (Å²) in [7, 11) is 0. The number of rotatable bonds is 3. The van der Waals surface area contributed by atoms with Gasteiger partial charge in [-0.25, -0.2) is 4.99 Å². The van der Waals surface area contributed by atoms with Gasteiger partial charge < -0.3 is 21.3 Å². The molecule has 0 radical (unpaired) electrons. The third-order valence-electron chi connectivity index (χ3n) is 7.14. The van der Waals surface area contributed by atoms with Crippen LogP contribution >= 0.6 is 0 Å². The van der Waals surface area contributed by atoms with E-state index in [-0.39, 0.29) is 5.96 Å². The minimum Gasteiger partial charge on any atom is -0.369 e. The van der Waals surface area contributed by atoms with Crippen LogP contribution < -0.4 is 26.2 Å². The Bertz CT molecular complexity index is 1110. The zero-order chi connectivity index (χ0) is 24.6. The van der Waals surface area contributed by atoms with Gasteiger partial charge in [-0.3, -0.25) is 4.90 Å². The fourth-order valence-corrected chi connectivity index (χ4v) is 5.41. The SMILES string of the molecule is NC1=NC2(CCCCC2)N(c2ccc(N3CCN(c4cccc(C(F)(F)F)c4)CC3)cc2)C(N)=N1. The molecule has 35 heavy (non-hydrogen) atoms. The normalized spacial score (nSPS) is 20.6. The molecule has 0 bridgehead atoms. The second-order valence-corrected chi connectivity index (χ2v) is 9.36. The van der Waals surface area contributed by atoms with Crippen molar-refractivity contribution in [3.8, 4) is 0 Å². The fraction of sp³-hybridized carbons (Fsp3) is 0.440. The summed E-state index contributed by atoms with van der Waals surface area (Å²) in [6, 6.07) is 13.7. The highest BCUT2D eigenvalue weighted by Crippen LogP contribution is 2.40. The van der Waals surface area contributed by atoms with E-state index < -0.39 is 17.4 Å². The monoisotopic (exact) mass is 485 g/mol. The largest absolute Gasteiger partial charge is 0.416 e. The standard InChI is InChI=1S/C25H30F3N7/c26-25(27,28)18-5-4-6-21(17-18)34-15-13-33(14-16-34)19-7-9-20(10-8-19)35-23(30)31-22(29)32-24(35)11-2-1-3-12-24/h4-10,17H,1-3,11-16H2,(H4,29,30,31,32). The van der Waals surface area contributed by atoms with Crippen LogP contribution in [0.5, 0.6) is 0 Å². The van der Waals surface area contributed by atoms with Gasteiger partial charge in [-0.15, -0.1) is 0 Å². The summed E-state index contributed by atoms with van der Waals surface area (Å²) in [4.78, 5) is 15.2. The van der Waals surface area contributed by atoms with Crippen molar-refractivity contribution >= 4 is 29.0 Å². The maximum Gasteiger partial charge on any atom is 0.416 e. The summed E-state index contributed by atoms with van der Waals surface area (Å²) in [5, 5.41) is 0. The minimum absolute atomic E-state index is 0.232. The van der Waals surface area contributed by atoms with E-state index in [1.165, 1.54) is 18.6 Å². The van der Waals surface area contributed by atoms with Crippen molar-refractivity contribution in [2.24, 2.45) is 21.5 Å². The molecule has 1 saturated carbocycles. The average molecular weight is 486 g/mol. The lowest BCUT2D eigenvalue weighted by Crippen LogP contribution is -2.58. The first-order valence-electron chi connectivity index (χ1n) is 12.0. The van der Waals surface area contributed by atoms with Gasteiger partial charge in [-0.05, 0) is 68.1 Å². The van der Waals surface area contributed by atoms with Gasteiger partial charge in [-0.1, -0.05) is 12.5 Å². The first kappa shape index (κ1) is 23.3. The lowest BCUT2D eigenvalue weighted by molar-refractivity contribution is -0.137. The van der Waals surface area contributed by atoms with Gasteiger partial charge in [0.25, 0.3) is 0 Å². The van der Waals surface area contributed by atoms with E-state index in [4.69, 9.17) is 16.5 Å². The first-order valence-corrected chi connectivity index (χ1v) is 12.0. The van der Waals surface area contributed by atoms with Gasteiger partial charge in [0.05, 0.1) is 5.56 Å². The molecule has 1 saturated heterocycles. The average Bonchev–Trinajstić information content (AvgIpc) is 2.84. The van der Waals surface area contributed by atoms with Crippen LogP contribution in [0, 0.1) is 0 Å². The number of piperazine rings is 1. The maximum atomic E-state index is 13.1. The van der Waals surface area contributed by atoms with Crippen molar-refractivity contribution < 1.29 is 13.2 Å². The van der Waals surface area contributed by atoms with E-state index in [1.54, 1.807) is 6.07 Å². The Morgan fingerprint density at radius 1 is 0.771 bits per heavy atom. The molecule has 2 fully saturated rings. The third kappa shape index (κ3) is 4.61. The number of anilines is 3. The summed E-state index contributed by atoms with van der Waals surface area (Å²) in [6.45, 7) is 2.72. The molecule has 186 valence electrons. The van der Waals surface area contributed by atoms with Gasteiger partial charge in [0.2, 0.25) is 11.9 Å². The summed E-state index contributed by atoms with van der Waals surface area (Å²) >= 11 is 0. The zero-order valence-electron chi connectivity index (χ0n) is 19.5. The molecule has 0 amide bonds. The third-order valence-corrected chi connectivity index (χ3v) is 7.14. The Balaban J connectivity index is 1.28. The highest BCUT2D eigenvalue weighted by Gasteiger charge is 2.42. The van der Waals surface area contributed by atoms with E-state index in [1.807, 2.05) is 21.9 Å². The Hall–Kier alpha value is -3.43. The van der Waals surface area contributed by atoms with Crippen LogP contribution in [0.4, 0.5) is 30.2 Å². The maximum absolute atomic E-state index is 13.1. The molecule has 2 aliphatic heterocycles. The van der Waals surface area contributed by atoms with Gasteiger partial charge in [-0.2, -0.15) is 18.2 Å². The Morgan fingerprint density at radius 3 is 2.00 bits per heavy atom. The van der Waals surface area contributed by atoms with Gasteiger partial charge in [0.15, 0.2) is 0 Å². The lowest BCUT2D eigenvalue weighted by Gasteiger charge is -2.45. The summed E-state index contributed by atoms with van der Waals surface area (Å²) in [6.07, 6.45) is 0.721. The van der Waals surface area contributed by atoms with Gasteiger partial charge >= 0.3 is 6.18 Å². The molecule has 7 nitrogen and oxygen atoms in total. The van der Waals surface area contributed by atoms with Crippen LogP contribution in [0.3, 0.4) is 0 Å². The number of aliphatic imine (C=N–C) groups is 2. The second-order valence-electron chi connectivity index (χ2n) is 9.36. The number of alkyl halides is 3. The van der Waals surface area contributed by atoms with Gasteiger partial charge in [0, 0.05) is 43.2 Å². The summed E-state index contributed by atoms with van der Waals surface area (Å²) in [5.74, 6) is 0.595. The Labute approximate surface area is 202 Å². The van der Waals surface area contributed by atoms with E-state index in [9.17, 15) is 13.2 Å². The molecule has 1 aliphatic carbocycles. The molecule has 2 heterocycles. The Morgan fingerprint density at radius 2 is 1.37 bits per heavy atom. The van der Waals surface area contributed by atoms with Crippen molar-refractivity contribution in [1.29, 1.82) is 0 Å². The highest BCUT2D eigenvalue weighted by molar-refractivity contribution is 6.05. The predicted octanol–water partition coefficient (Wildman–Crippen LogP) is 4.14. The molecule has 0 aromatic heterocycles. The van der Waals surface area contributed by atoms with E-state index >= 15 is 0 Å². The Kier molecular flexibility index (Phi) is 5.98. The number of nitrogens with two attached hydrogens (primary N) is 2. The fourth-order valence-electron chi connectivity index (χ4n) is 5.41. The molecule has 5 rings (SSSR count). The summed E-state index contributed by atoms with van der Waals surface area (Å²) < 4.78 is 39.3. The van der Waals surface area contributed by atoms with Crippen LogP contribution in [0.2, 0.25) is 0 Å². The van der Waals surface area contributed by atoms with Crippen molar-refractivity contribution in [2.45, 2.75) is 43.9 Å². The molecule has 0 atom stereocenters. The van der Waals surface area contributed by atoms with Crippen LogP contribution in [0.15, 0.2) is 58.5 Å². The van der Waals surface area contributed by atoms with Gasteiger partial charge in [0.1, 0.15) is 5.66 Å². The minimum atomic E-state index is -4.34. The van der Waals surface area contributed by atoms with E-state index in [0.717, 1.165) is 43.1 Å². The highest BCUT2D eigenvalue weighted by atomic mass is 19.4. The van der Waals surface area contributed by atoms with Crippen molar-refractivity contribution in [3.05, 3.63) is 54.1 Å². The summed E-state index contributed by atoms with van der Waals surface area (Å²) in [5.41, 5.74) is 13.8. The molecule has 2 aromatic carbocycles. The molecular weight excluding hydrogens is 455 g/mol. The number of hydrogen-bond donors (Lipinski definition) is 2. The molecule has 0 unspecified atom stereocenters. The lowest BCUT2D eigenvalue weighted by atomic mass is 9.87. The number of nitrogens with zero attached hydrogens (tertiary/aromatic N) is 5. The smallest absolute Gasteiger partial charge is 0.369 e. The van der Waals surface area contributed by atoms with Crippen LogP contribution in [-0.2, 0) is 6.18 Å². The van der Waals surface area contributed by atoms with Crippen molar-refractivity contribution in [1.82, 2.24) is 0 Å².